The van der Waals surface area contributed by atoms with Crippen LogP contribution in [-0.2, 0) is 7.05 Å². The molecular weight excluding hydrogens is 200 g/mol. The normalized spacial score (nSPS) is 10.4. The number of hydrogen-bond donors (Lipinski definition) is 0. The van der Waals surface area contributed by atoms with Crippen molar-refractivity contribution in [2.75, 3.05) is 0 Å². The number of ketones is 1. The smallest absolute Gasteiger partial charge is 0.206 e. The Bertz CT molecular complexity index is 575. The zero-order valence-corrected chi connectivity index (χ0v) is 9.69. The summed E-state index contributed by atoms with van der Waals surface area (Å²) in [6.07, 6.45) is 1.62. The molecule has 2 aromatic rings. The van der Waals surface area contributed by atoms with Crippen LogP contribution >= 0.6 is 0 Å². The standard InChI is InChI=1S/C13H14N2O/c1-9(2)8-12(16)13-10-6-4-5-7-11(10)15(3)14-13/h4-8H,1-3H3. The van der Waals surface area contributed by atoms with Gasteiger partial charge in [-0.15, -0.1) is 0 Å². The first kappa shape index (κ1) is 10.6. The van der Waals surface area contributed by atoms with Gasteiger partial charge in [0, 0.05) is 12.4 Å². The molecule has 0 spiro atoms. The minimum atomic E-state index is -0.0307. The van der Waals surface area contributed by atoms with E-state index < -0.39 is 0 Å². The summed E-state index contributed by atoms with van der Waals surface area (Å²) in [6, 6.07) is 7.75. The zero-order valence-electron chi connectivity index (χ0n) is 9.69. The van der Waals surface area contributed by atoms with Gasteiger partial charge in [-0.25, -0.2) is 0 Å². The average molecular weight is 214 g/mol. The van der Waals surface area contributed by atoms with E-state index in [1.54, 1.807) is 10.8 Å². The Morgan fingerprint density at radius 2 is 2.00 bits per heavy atom. The van der Waals surface area contributed by atoms with Gasteiger partial charge >= 0.3 is 0 Å². The van der Waals surface area contributed by atoms with Crippen LogP contribution in [0.2, 0.25) is 0 Å². The van der Waals surface area contributed by atoms with E-state index in [2.05, 4.69) is 5.10 Å². The molecule has 0 amide bonds. The first-order chi connectivity index (χ1) is 7.59. The van der Waals surface area contributed by atoms with Crippen LogP contribution < -0.4 is 0 Å². The molecule has 82 valence electrons. The van der Waals surface area contributed by atoms with Crippen LogP contribution in [0.4, 0.5) is 0 Å². The summed E-state index contributed by atoms with van der Waals surface area (Å²) in [6.45, 7) is 3.81. The number of hydrogen-bond acceptors (Lipinski definition) is 2. The molecule has 0 fully saturated rings. The third-order valence-corrected chi connectivity index (χ3v) is 2.41. The fraction of sp³-hybridized carbons (Fsp3) is 0.231. The Hall–Kier alpha value is -1.90. The van der Waals surface area contributed by atoms with Gasteiger partial charge in [0.15, 0.2) is 0 Å². The lowest BCUT2D eigenvalue weighted by atomic mass is 10.1. The van der Waals surface area contributed by atoms with Gasteiger partial charge in [0.1, 0.15) is 5.69 Å². The highest BCUT2D eigenvalue weighted by atomic mass is 16.1. The van der Waals surface area contributed by atoms with Crippen molar-refractivity contribution in [2.45, 2.75) is 13.8 Å². The van der Waals surface area contributed by atoms with Gasteiger partial charge in [0.2, 0.25) is 5.78 Å². The van der Waals surface area contributed by atoms with Gasteiger partial charge in [-0.1, -0.05) is 23.8 Å². The van der Waals surface area contributed by atoms with Gasteiger partial charge in [0.05, 0.1) is 5.52 Å². The van der Waals surface area contributed by atoms with E-state index in [-0.39, 0.29) is 5.78 Å². The highest BCUT2D eigenvalue weighted by Crippen LogP contribution is 2.18. The Balaban J connectivity index is 2.62. The summed E-state index contributed by atoms with van der Waals surface area (Å²) < 4.78 is 1.74. The van der Waals surface area contributed by atoms with Crippen LogP contribution in [0.3, 0.4) is 0 Å². The van der Waals surface area contributed by atoms with Crippen molar-refractivity contribution in [3.05, 3.63) is 41.6 Å². The van der Waals surface area contributed by atoms with E-state index >= 15 is 0 Å². The molecule has 0 aliphatic heterocycles. The first-order valence-corrected chi connectivity index (χ1v) is 5.20. The van der Waals surface area contributed by atoms with Crippen LogP contribution in [0, 0.1) is 0 Å². The molecule has 0 aliphatic rings. The molecule has 1 aromatic heterocycles. The summed E-state index contributed by atoms with van der Waals surface area (Å²) in [5, 5.41) is 5.18. The number of aromatic nitrogens is 2. The van der Waals surface area contributed by atoms with E-state index in [0.717, 1.165) is 16.5 Å². The second-order valence-electron chi connectivity index (χ2n) is 4.08. The lowest BCUT2D eigenvalue weighted by Gasteiger charge is -1.92. The molecule has 16 heavy (non-hydrogen) atoms. The first-order valence-electron chi connectivity index (χ1n) is 5.20. The molecule has 0 saturated carbocycles. The van der Waals surface area contributed by atoms with E-state index in [1.807, 2.05) is 45.2 Å². The second-order valence-corrected chi connectivity index (χ2v) is 4.08. The van der Waals surface area contributed by atoms with Crippen molar-refractivity contribution in [3.63, 3.8) is 0 Å². The molecule has 0 unspecified atom stereocenters. The Morgan fingerprint density at radius 3 is 2.69 bits per heavy atom. The topological polar surface area (TPSA) is 34.9 Å². The van der Waals surface area contributed by atoms with E-state index in [4.69, 9.17) is 0 Å². The maximum atomic E-state index is 11.9. The summed E-state index contributed by atoms with van der Waals surface area (Å²) in [7, 11) is 1.85. The zero-order chi connectivity index (χ0) is 11.7. The lowest BCUT2D eigenvalue weighted by Crippen LogP contribution is -1.98. The minimum absolute atomic E-state index is 0.0307. The molecule has 0 atom stereocenters. The van der Waals surface area contributed by atoms with Crippen molar-refractivity contribution in [1.29, 1.82) is 0 Å². The van der Waals surface area contributed by atoms with Crippen LogP contribution in [-0.4, -0.2) is 15.6 Å². The van der Waals surface area contributed by atoms with Crippen molar-refractivity contribution in [2.24, 2.45) is 7.05 Å². The van der Waals surface area contributed by atoms with E-state index in [9.17, 15) is 4.79 Å². The predicted octanol–water partition coefficient (Wildman–Crippen LogP) is 2.72. The number of aryl methyl sites for hydroxylation is 1. The molecule has 2 rings (SSSR count). The Kier molecular flexibility index (Phi) is 2.60. The van der Waals surface area contributed by atoms with Crippen molar-refractivity contribution >= 4 is 16.7 Å². The maximum Gasteiger partial charge on any atom is 0.206 e. The van der Waals surface area contributed by atoms with Crippen LogP contribution in [0.1, 0.15) is 24.3 Å². The summed E-state index contributed by atoms with van der Waals surface area (Å²) in [5.74, 6) is -0.0307. The number of nitrogens with zero attached hydrogens (tertiary/aromatic N) is 2. The molecule has 1 aromatic carbocycles. The minimum Gasteiger partial charge on any atom is -0.287 e. The summed E-state index contributed by atoms with van der Waals surface area (Å²) in [4.78, 5) is 11.9. The lowest BCUT2D eigenvalue weighted by molar-refractivity contribution is 0.104. The number of para-hydroxylation sites is 1. The average Bonchev–Trinajstić information content (AvgIpc) is 2.56. The SMILES string of the molecule is CC(C)=CC(=O)c1nn(C)c2ccccc12. The molecule has 1 heterocycles. The molecule has 0 N–H and O–H groups in total. The predicted molar refractivity (Wildman–Crippen MR) is 64.5 cm³/mol. The fourth-order valence-corrected chi connectivity index (χ4v) is 1.73. The molecule has 0 bridgehead atoms. The van der Waals surface area contributed by atoms with Gasteiger partial charge in [-0.05, 0) is 26.0 Å². The number of fused-ring (bicyclic) bond motifs is 1. The maximum absolute atomic E-state index is 11.9. The largest absolute Gasteiger partial charge is 0.287 e. The van der Waals surface area contributed by atoms with E-state index in [0.29, 0.717) is 5.69 Å². The molecule has 0 aliphatic carbocycles. The van der Waals surface area contributed by atoms with Gasteiger partial charge in [-0.3, -0.25) is 9.48 Å². The third kappa shape index (κ3) is 1.76. The van der Waals surface area contributed by atoms with Gasteiger partial charge < -0.3 is 0 Å². The highest BCUT2D eigenvalue weighted by Gasteiger charge is 2.13. The van der Waals surface area contributed by atoms with Crippen LogP contribution in [0.25, 0.3) is 10.9 Å². The number of carbonyl (C=O) groups is 1. The Labute approximate surface area is 94.4 Å². The van der Waals surface area contributed by atoms with Gasteiger partial charge in [-0.2, -0.15) is 5.10 Å². The number of benzene rings is 1. The molecule has 3 nitrogen and oxygen atoms in total. The van der Waals surface area contributed by atoms with Crippen LogP contribution in [0.15, 0.2) is 35.9 Å². The Morgan fingerprint density at radius 1 is 1.31 bits per heavy atom. The quantitative estimate of drug-likeness (QED) is 0.569. The molecule has 0 radical (unpaired) electrons. The summed E-state index contributed by atoms with van der Waals surface area (Å²) in [5.41, 5.74) is 2.49. The van der Waals surface area contributed by atoms with E-state index in [1.165, 1.54) is 0 Å². The monoisotopic (exact) mass is 214 g/mol. The second kappa shape index (κ2) is 3.93. The van der Waals surface area contributed by atoms with Crippen molar-refractivity contribution < 1.29 is 4.79 Å². The molecular formula is C13H14N2O. The highest BCUT2D eigenvalue weighted by molar-refractivity contribution is 6.11. The third-order valence-electron chi connectivity index (χ3n) is 2.41. The van der Waals surface area contributed by atoms with Crippen LogP contribution in [0.5, 0.6) is 0 Å². The number of carbonyl (C=O) groups excluding carboxylic acids is 1. The number of allylic oxidation sites excluding steroid dienone is 2. The van der Waals surface area contributed by atoms with Crippen molar-refractivity contribution in [1.82, 2.24) is 9.78 Å². The van der Waals surface area contributed by atoms with Crippen molar-refractivity contribution in [3.8, 4) is 0 Å². The fourth-order valence-electron chi connectivity index (χ4n) is 1.73. The number of rotatable bonds is 2. The summed E-state index contributed by atoms with van der Waals surface area (Å²) >= 11 is 0. The van der Waals surface area contributed by atoms with Gasteiger partial charge in [0.25, 0.3) is 0 Å². The molecule has 3 heteroatoms. The molecule has 0 saturated heterocycles.